The maximum atomic E-state index is 13.0. The molecule has 1 heterocycles. The number of aryl methyl sites for hydroxylation is 2. The van der Waals surface area contributed by atoms with E-state index in [9.17, 15) is 9.59 Å². The second-order valence-corrected chi connectivity index (χ2v) is 7.26. The maximum Gasteiger partial charge on any atom is 0.295 e. The van der Waals surface area contributed by atoms with E-state index in [0.29, 0.717) is 17.9 Å². The summed E-state index contributed by atoms with van der Waals surface area (Å²) in [6, 6.07) is 15.2. The van der Waals surface area contributed by atoms with E-state index in [0.717, 1.165) is 16.8 Å². The van der Waals surface area contributed by atoms with E-state index < -0.39 is 6.10 Å². The number of hydrogen-bond donors (Lipinski definition) is 1. The summed E-state index contributed by atoms with van der Waals surface area (Å²) in [4.78, 5) is 25.9. The fraction of sp³-hybridized carbons (Fsp3) is 0.304. The van der Waals surface area contributed by atoms with Gasteiger partial charge in [0.25, 0.3) is 11.5 Å². The first-order valence-electron chi connectivity index (χ1n) is 9.71. The largest absolute Gasteiger partial charge is 0.481 e. The summed E-state index contributed by atoms with van der Waals surface area (Å²) in [5, 5.41) is 2.79. The van der Waals surface area contributed by atoms with Gasteiger partial charge in [-0.25, -0.2) is 4.68 Å². The predicted octanol–water partition coefficient (Wildman–Crippen LogP) is 3.90. The summed E-state index contributed by atoms with van der Waals surface area (Å²) < 4.78 is 9.21. The highest BCUT2D eigenvalue weighted by Crippen LogP contribution is 2.20. The van der Waals surface area contributed by atoms with Gasteiger partial charge in [0, 0.05) is 7.05 Å². The van der Waals surface area contributed by atoms with Gasteiger partial charge < -0.3 is 10.1 Å². The van der Waals surface area contributed by atoms with Crippen molar-refractivity contribution in [2.75, 3.05) is 5.32 Å². The number of nitrogens with zero attached hydrogens (tertiary/aromatic N) is 2. The van der Waals surface area contributed by atoms with Crippen molar-refractivity contribution in [2.24, 2.45) is 7.05 Å². The smallest absolute Gasteiger partial charge is 0.295 e. The first-order chi connectivity index (χ1) is 13.8. The molecule has 29 heavy (non-hydrogen) atoms. The molecular formula is C23H27N3O3. The van der Waals surface area contributed by atoms with E-state index in [2.05, 4.69) is 5.32 Å². The molecule has 0 aliphatic rings. The van der Waals surface area contributed by atoms with Crippen LogP contribution >= 0.6 is 0 Å². The van der Waals surface area contributed by atoms with E-state index in [1.54, 1.807) is 11.7 Å². The van der Waals surface area contributed by atoms with Crippen molar-refractivity contribution in [3.8, 4) is 11.4 Å². The van der Waals surface area contributed by atoms with E-state index in [1.807, 2.05) is 76.2 Å². The van der Waals surface area contributed by atoms with Crippen LogP contribution in [0.1, 0.15) is 30.2 Å². The minimum absolute atomic E-state index is 0.267. The second kappa shape index (κ2) is 8.39. The normalized spacial score (nSPS) is 11.9. The fourth-order valence-electron chi connectivity index (χ4n) is 3.40. The van der Waals surface area contributed by atoms with Crippen LogP contribution in [0.4, 0.5) is 5.69 Å². The highest BCUT2D eigenvalue weighted by molar-refractivity contribution is 5.94. The van der Waals surface area contributed by atoms with Crippen LogP contribution in [-0.4, -0.2) is 21.4 Å². The number of nitrogens with one attached hydrogen (secondary N) is 1. The quantitative estimate of drug-likeness (QED) is 0.691. The number of amides is 1. The number of benzene rings is 2. The van der Waals surface area contributed by atoms with Crippen molar-refractivity contribution in [3.63, 3.8) is 0 Å². The minimum Gasteiger partial charge on any atom is -0.481 e. The van der Waals surface area contributed by atoms with Gasteiger partial charge in [0.2, 0.25) is 0 Å². The molecule has 6 nitrogen and oxygen atoms in total. The molecule has 0 bridgehead atoms. The molecule has 2 aromatic carbocycles. The maximum absolute atomic E-state index is 13.0. The minimum atomic E-state index is -0.694. The van der Waals surface area contributed by atoms with Crippen LogP contribution in [0.15, 0.2) is 53.3 Å². The summed E-state index contributed by atoms with van der Waals surface area (Å²) in [5.74, 6) is 0.314. The van der Waals surface area contributed by atoms with Gasteiger partial charge in [0.1, 0.15) is 11.4 Å². The Morgan fingerprint density at radius 1 is 1.07 bits per heavy atom. The lowest BCUT2D eigenvalue weighted by atomic mass is 10.1. The molecule has 0 aliphatic heterocycles. The Hall–Kier alpha value is -3.28. The SMILES string of the molecule is CC[C@H](Oc1cc(C)cc(C)c1)C(=O)Nc1c(C)n(C)n(-c2ccccc2)c1=O. The molecule has 0 saturated carbocycles. The topological polar surface area (TPSA) is 65.3 Å². The Morgan fingerprint density at radius 2 is 1.69 bits per heavy atom. The Balaban J connectivity index is 1.87. The molecular weight excluding hydrogens is 366 g/mol. The molecule has 1 aromatic heterocycles. The fourth-order valence-corrected chi connectivity index (χ4v) is 3.40. The zero-order chi connectivity index (χ0) is 21.1. The van der Waals surface area contributed by atoms with Crippen LogP contribution in [0.2, 0.25) is 0 Å². The molecule has 0 spiro atoms. The van der Waals surface area contributed by atoms with E-state index in [-0.39, 0.29) is 17.2 Å². The summed E-state index contributed by atoms with van der Waals surface area (Å²) in [6.07, 6.45) is -0.210. The number of aromatic nitrogens is 2. The van der Waals surface area contributed by atoms with Crippen LogP contribution in [0.3, 0.4) is 0 Å². The van der Waals surface area contributed by atoms with Crippen molar-refractivity contribution in [1.29, 1.82) is 0 Å². The van der Waals surface area contributed by atoms with Crippen LogP contribution in [0.5, 0.6) is 5.75 Å². The number of rotatable bonds is 6. The molecule has 3 aromatic rings. The van der Waals surface area contributed by atoms with Gasteiger partial charge in [-0.15, -0.1) is 0 Å². The van der Waals surface area contributed by atoms with Crippen molar-refractivity contribution >= 4 is 11.6 Å². The van der Waals surface area contributed by atoms with Crippen LogP contribution in [0, 0.1) is 20.8 Å². The van der Waals surface area contributed by atoms with Gasteiger partial charge in [-0.2, -0.15) is 0 Å². The van der Waals surface area contributed by atoms with Crippen LogP contribution in [0.25, 0.3) is 5.69 Å². The third-order valence-corrected chi connectivity index (χ3v) is 4.94. The van der Waals surface area contributed by atoms with Gasteiger partial charge >= 0.3 is 0 Å². The zero-order valence-electron chi connectivity index (χ0n) is 17.5. The lowest BCUT2D eigenvalue weighted by Gasteiger charge is -2.17. The highest BCUT2D eigenvalue weighted by atomic mass is 16.5. The molecule has 152 valence electrons. The third kappa shape index (κ3) is 4.26. The molecule has 3 rings (SSSR count). The molecule has 0 unspecified atom stereocenters. The standard InChI is InChI=1S/C23H27N3O3/c1-6-20(29-19-13-15(2)12-16(3)14-19)22(27)24-21-17(4)25(5)26(23(21)28)18-10-8-7-9-11-18/h7-14,20H,6H2,1-5H3,(H,24,27)/t20-/m0/s1. The third-order valence-electron chi connectivity index (χ3n) is 4.94. The second-order valence-electron chi connectivity index (χ2n) is 7.26. The average molecular weight is 393 g/mol. The van der Waals surface area contributed by atoms with Gasteiger partial charge in [-0.1, -0.05) is 31.2 Å². The summed E-state index contributed by atoms with van der Waals surface area (Å²) >= 11 is 0. The molecule has 0 saturated heterocycles. The highest BCUT2D eigenvalue weighted by Gasteiger charge is 2.23. The number of ether oxygens (including phenoxy) is 1. The number of hydrogen-bond acceptors (Lipinski definition) is 3. The lowest BCUT2D eigenvalue weighted by Crippen LogP contribution is -2.34. The van der Waals surface area contributed by atoms with Crippen LogP contribution < -0.4 is 15.6 Å². The van der Waals surface area contributed by atoms with Gasteiger partial charge in [-0.3, -0.25) is 14.3 Å². The number of para-hydroxylation sites is 1. The van der Waals surface area contributed by atoms with E-state index >= 15 is 0 Å². The zero-order valence-corrected chi connectivity index (χ0v) is 17.5. The summed E-state index contributed by atoms with van der Waals surface area (Å²) in [7, 11) is 1.79. The summed E-state index contributed by atoms with van der Waals surface area (Å²) in [5.41, 5.74) is 3.55. The Labute approximate surface area is 170 Å². The Kier molecular flexibility index (Phi) is 5.92. The van der Waals surface area contributed by atoms with E-state index in [4.69, 9.17) is 4.74 Å². The molecule has 1 amide bonds. The first kappa shape index (κ1) is 20.5. The molecule has 1 atom stereocenters. The van der Waals surface area contributed by atoms with Crippen molar-refractivity contribution in [2.45, 2.75) is 40.2 Å². The van der Waals surface area contributed by atoms with Gasteiger partial charge in [0.05, 0.1) is 11.4 Å². The molecule has 0 radical (unpaired) electrons. The Bertz CT molecular complexity index is 1060. The molecule has 0 fully saturated rings. The average Bonchev–Trinajstić information content (AvgIpc) is 2.89. The summed E-state index contributed by atoms with van der Waals surface area (Å²) in [6.45, 7) is 7.66. The van der Waals surface area contributed by atoms with Crippen molar-refractivity contribution < 1.29 is 9.53 Å². The molecule has 1 N–H and O–H groups in total. The van der Waals surface area contributed by atoms with Gasteiger partial charge in [0.15, 0.2) is 6.10 Å². The monoisotopic (exact) mass is 393 g/mol. The van der Waals surface area contributed by atoms with Crippen molar-refractivity contribution in [1.82, 2.24) is 9.36 Å². The van der Waals surface area contributed by atoms with Gasteiger partial charge in [-0.05, 0) is 62.6 Å². The van der Waals surface area contributed by atoms with E-state index in [1.165, 1.54) is 4.68 Å². The number of anilines is 1. The molecule has 0 aliphatic carbocycles. The molecule has 6 heteroatoms. The van der Waals surface area contributed by atoms with Crippen molar-refractivity contribution in [3.05, 3.63) is 75.7 Å². The first-order valence-corrected chi connectivity index (χ1v) is 9.71. The Morgan fingerprint density at radius 3 is 2.28 bits per heavy atom. The lowest BCUT2D eigenvalue weighted by molar-refractivity contribution is -0.122. The number of carbonyl (C=O) groups is 1. The predicted molar refractivity (Wildman–Crippen MR) is 115 cm³/mol. The van der Waals surface area contributed by atoms with Crippen LogP contribution in [-0.2, 0) is 11.8 Å². The number of carbonyl (C=O) groups excluding carboxylic acids is 1.